The van der Waals surface area contributed by atoms with E-state index in [1.54, 1.807) is 0 Å². The normalized spacial score (nSPS) is 14.0. The quantitative estimate of drug-likeness (QED) is 0.0222. The minimum absolute atomic E-state index is 0.106. The fraction of sp³-hybridized carbons (Fsp3) is 0.944. The molecular formula is C72H140O17P2. The van der Waals surface area contributed by atoms with E-state index in [4.69, 9.17) is 37.0 Å². The number of aliphatic hydroxyl groups excluding tert-OH is 1. The van der Waals surface area contributed by atoms with E-state index in [-0.39, 0.29) is 25.7 Å². The molecule has 0 aliphatic rings. The molecular weight excluding hydrogens is 1200 g/mol. The molecule has 0 heterocycles. The van der Waals surface area contributed by atoms with Gasteiger partial charge in [-0.1, -0.05) is 324 Å². The number of rotatable bonds is 72. The first kappa shape index (κ1) is 89.1. The van der Waals surface area contributed by atoms with E-state index in [1.807, 2.05) is 0 Å². The zero-order chi connectivity index (χ0) is 67.0. The monoisotopic (exact) mass is 1340 g/mol. The second-order valence-corrected chi connectivity index (χ2v) is 29.4. The van der Waals surface area contributed by atoms with Crippen LogP contribution in [-0.4, -0.2) is 96.7 Å². The Hall–Kier alpha value is -1.94. The number of hydrogen-bond acceptors (Lipinski definition) is 15. The fourth-order valence-electron chi connectivity index (χ4n) is 11.0. The van der Waals surface area contributed by atoms with Gasteiger partial charge in [0.1, 0.15) is 19.3 Å². The van der Waals surface area contributed by atoms with Crippen molar-refractivity contribution < 1.29 is 80.2 Å². The van der Waals surface area contributed by atoms with Gasteiger partial charge in [-0.15, -0.1) is 0 Å². The highest BCUT2D eigenvalue weighted by atomic mass is 31.2. The SMILES string of the molecule is CCCCCCCCCCCCCCCCCCCCCC(=O)O[C@H](COC(=O)CCCCCCCCCCCCC)COP(=O)(O)OC[C@@H](O)COP(=O)(O)OC[C@@H](COC(=O)CCCCCCCCCC(C)C)OC(=O)CCCCCCCCCCCCC. The van der Waals surface area contributed by atoms with Crippen LogP contribution in [0.4, 0.5) is 0 Å². The van der Waals surface area contributed by atoms with E-state index in [1.165, 1.54) is 193 Å². The Morgan fingerprint density at radius 3 is 0.747 bits per heavy atom. The standard InChI is InChI=1S/C72H140O17P2/c1-6-9-12-15-18-21-24-25-26-27-28-29-30-31-34-37-42-48-53-58-72(77)88-67(61-82-69(74)55-50-45-40-35-32-22-19-16-13-10-7-2)63-86-90(78,79)84-59-66(73)60-85-91(80,81)87-64-68(62-83-70(75)56-51-46-43-38-39-44-49-54-65(4)5)89-71(76)57-52-47-41-36-33-23-20-17-14-11-8-3/h65-68,73H,6-64H2,1-5H3,(H,78,79)(H,80,81)/t66-,67-,68-/m1/s1. The lowest BCUT2D eigenvalue weighted by molar-refractivity contribution is -0.161. The number of carbonyl (C=O) groups is 4. The maximum atomic E-state index is 13.0. The Balaban J connectivity index is 5.20. The molecule has 0 spiro atoms. The zero-order valence-electron chi connectivity index (χ0n) is 59.0. The minimum Gasteiger partial charge on any atom is -0.462 e. The van der Waals surface area contributed by atoms with E-state index < -0.39 is 97.5 Å². The van der Waals surface area contributed by atoms with Gasteiger partial charge in [0.05, 0.1) is 26.4 Å². The van der Waals surface area contributed by atoms with Crippen LogP contribution in [0.1, 0.15) is 375 Å². The van der Waals surface area contributed by atoms with Crippen LogP contribution in [0.3, 0.4) is 0 Å². The summed E-state index contributed by atoms with van der Waals surface area (Å²) in [4.78, 5) is 72.6. The summed E-state index contributed by atoms with van der Waals surface area (Å²) in [6, 6.07) is 0. The highest BCUT2D eigenvalue weighted by Gasteiger charge is 2.30. The maximum absolute atomic E-state index is 13.0. The van der Waals surface area contributed by atoms with E-state index >= 15 is 0 Å². The molecule has 2 unspecified atom stereocenters. The van der Waals surface area contributed by atoms with Gasteiger partial charge in [0.2, 0.25) is 0 Å². The molecule has 0 amide bonds. The molecule has 0 fully saturated rings. The average Bonchev–Trinajstić information content (AvgIpc) is 2.15. The highest BCUT2D eigenvalue weighted by molar-refractivity contribution is 7.47. The molecule has 3 N–H and O–H groups in total. The summed E-state index contributed by atoms with van der Waals surface area (Å²) in [6.45, 7) is 7.20. The first-order valence-corrected chi connectivity index (χ1v) is 40.6. The summed E-state index contributed by atoms with van der Waals surface area (Å²) >= 11 is 0. The molecule has 0 saturated heterocycles. The van der Waals surface area contributed by atoms with Crippen molar-refractivity contribution in [3.8, 4) is 0 Å². The van der Waals surface area contributed by atoms with E-state index in [0.717, 1.165) is 96.3 Å². The molecule has 0 bridgehead atoms. The van der Waals surface area contributed by atoms with Gasteiger partial charge < -0.3 is 33.8 Å². The molecule has 91 heavy (non-hydrogen) atoms. The number of aliphatic hydroxyl groups is 1. The predicted molar refractivity (Wildman–Crippen MR) is 368 cm³/mol. The molecule has 0 aliphatic heterocycles. The average molecular weight is 1340 g/mol. The van der Waals surface area contributed by atoms with Crippen LogP contribution in [-0.2, 0) is 65.4 Å². The van der Waals surface area contributed by atoms with Crippen LogP contribution < -0.4 is 0 Å². The minimum atomic E-state index is -4.95. The number of hydrogen-bond donors (Lipinski definition) is 3. The van der Waals surface area contributed by atoms with Crippen LogP contribution >= 0.6 is 15.6 Å². The van der Waals surface area contributed by atoms with Gasteiger partial charge >= 0.3 is 39.5 Å². The summed E-state index contributed by atoms with van der Waals surface area (Å²) in [5, 5.41) is 10.6. The van der Waals surface area contributed by atoms with Crippen LogP contribution in [0.15, 0.2) is 0 Å². The van der Waals surface area contributed by atoms with Gasteiger partial charge in [-0.05, 0) is 31.6 Å². The third-order valence-electron chi connectivity index (χ3n) is 16.8. The summed E-state index contributed by atoms with van der Waals surface area (Å²) in [5.74, 6) is -1.41. The second kappa shape index (κ2) is 65.4. The Morgan fingerprint density at radius 2 is 0.505 bits per heavy atom. The third kappa shape index (κ3) is 66.5. The molecule has 0 aromatic heterocycles. The topological polar surface area (TPSA) is 237 Å². The number of phosphoric ester groups is 2. The Kier molecular flexibility index (Phi) is 64.0. The van der Waals surface area contributed by atoms with Crippen molar-refractivity contribution in [1.29, 1.82) is 0 Å². The molecule has 0 rings (SSSR count). The van der Waals surface area contributed by atoms with Gasteiger partial charge in [-0.2, -0.15) is 0 Å². The van der Waals surface area contributed by atoms with Crippen LogP contribution in [0.5, 0.6) is 0 Å². The fourth-order valence-corrected chi connectivity index (χ4v) is 12.6. The van der Waals surface area contributed by atoms with Gasteiger partial charge in [0.15, 0.2) is 12.2 Å². The molecule has 540 valence electrons. The first-order chi connectivity index (χ1) is 44.0. The lowest BCUT2D eigenvalue weighted by atomic mass is 10.0. The second-order valence-electron chi connectivity index (χ2n) is 26.5. The smallest absolute Gasteiger partial charge is 0.462 e. The summed E-state index contributed by atoms with van der Waals surface area (Å²) in [6.07, 6.45) is 52.8. The van der Waals surface area contributed by atoms with E-state index in [2.05, 4.69) is 34.6 Å². The summed E-state index contributed by atoms with van der Waals surface area (Å²) in [5.41, 5.74) is 0. The highest BCUT2D eigenvalue weighted by Crippen LogP contribution is 2.45. The van der Waals surface area contributed by atoms with Gasteiger partial charge in [0.25, 0.3) is 0 Å². The largest absolute Gasteiger partial charge is 0.472 e. The summed E-state index contributed by atoms with van der Waals surface area (Å²) in [7, 11) is -9.90. The van der Waals surface area contributed by atoms with E-state index in [0.29, 0.717) is 31.6 Å². The summed E-state index contributed by atoms with van der Waals surface area (Å²) < 4.78 is 68.3. The number of carbonyl (C=O) groups excluding carboxylic acids is 4. The van der Waals surface area contributed by atoms with E-state index in [9.17, 15) is 43.2 Å². The third-order valence-corrected chi connectivity index (χ3v) is 18.7. The number of esters is 4. The Labute approximate surface area is 556 Å². The van der Waals surface area contributed by atoms with Gasteiger partial charge in [-0.3, -0.25) is 37.3 Å². The molecule has 0 radical (unpaired) electrons. The molecule has 0 aromatic carbocycles. The molecule has 0 aromatic rings. The predicted octanol–water partition coefficient (Wildman–Crippen LogP) is 20.9. The maximum Gasteiger partial charge on any atom is 0.472 e. The Bertz CT molecular complexity index is 1750. The van der Waals surface area contributed by atoms with Crippen molar-refractivity contribution in [2.75, 3.05) is 39.6 Å². The van der Waals surface area contributed by atoms with Crippen molar-refractivity contribution in [2.45, 2.75) is 393 Å². The Morgan fingerprint density at radius 1 is 0.297 bits per heavy atom. The lowest BCUT2D eigenvalue weighted by Gasteiger charge is -2.21. The van der Waals surface area contributed by atoms with Gasteiger partial charge in [-0.25, -0.2) is 9.13 Å². The van der Waals surface area contributed by atoms with Crippen molar-refractivity contribution >= 4 is 39.5 Å². The van der Waals surface area contributed by atoms with Crippen LogP contribution in [0.25, 0.3) is 0 Å². The van der Waals surface area contributed by atoms with Crippen molar-refractivity contribution in [1.82, 2.24) is 0 Å². The molecule has 0 aliphatic carbocycles. The lowest BCUT2D eigenvalue weighted by Crippen LogP contribution is -2.30. The number of ether oxygens (including phenoxy) is 4. The number of unbranched alkanes of at least 4 members (excludes halogenated alkanes) is 44. The number of phosphoric acid groups is 2. The molecule has 0 saturated carbocycles. The molecule has 17 nitrogen and oxygen atoms in total. The molecule has 5 atom stereocenters. The van der Waals surface area contributed by atoms with Crippen molar-refractivity contribution in [3.05, 3.63) is 0 Å². The first-order valence-electron chi connectivity index (χ1n) is 37.6. The van der Waals surface area contributed by atoms with Crippen LogP contribution in [0, 0.1) is 5.92 Å². The molecule has 19 heteroatoms. The zero-order valence-corrected chi connectivity index (χ0v) is 60.8. The van der Waals surface area contributed by atoms with Crippen molar-refractivity contribution in [3.63, 3.8) is 0 Å². The van der Waals surface area contributed by atoms with Crippen LogP contribution in [0.2, 0.25) is 0 Å². The van der Waals surface area contributed by atoms with Gasteiger partial charge in [0, 0.05) is 25.7 Å². The van der Waals surface area contributed by atoms with Crippen molar-refractivity contribution in [2.24, 2.45) is 5.92 Å².